The van der Waals surface area contributed by atoms with Gasteiger partial charge in [0.1, 0.15) is 5.75 Å². The second kappa shape index (κ2) is 7.11. The second-order valence-electron chi connectivity index (χ2n) is 5.44. The van der Waals surface area contributed by atoms with Crippen LogP contribution in [0.4, 0.5) is 4.79 Å². The first kappa shape index (κ1) is 16.8. The molecule has 1 amide bonds. The molecule has 22 heavy (non-hydrogen) atoms. The lowest BCUT2D eigenvalue weighted by Crippen LogP contribution is -2.48. The molecule has 6 nitrogen and oxygen atoms in total. The summed E-state index contributed by atoms with van der Waals surface area (Å²) in [4.78, 5) is 11.2. The Kier molecular flexibility index (Phi) is 5.42. The van der Waals surface area contributed by atoms with Crippen molar-refractivity contribution in [3.63, 3.8) is 0 Å². The molecule has 1 aromatic rings. The van der Waals surface area contributed by atoms with Crippen LogP contribution in [-0.4, -0.2) is 33.3 Å². The van der Waals surface area contributed by atoms with Gasteiger partial charge in [0.2, 0.25) is 0 Å². The Labute approximate surface area is 130 Å². The molecule has 0 spiro atoms. The number of ether oxygens (including phenoxy) is 1. The highest BCUT2D eigenvalue weighted by atomic mass is 32.2. The highest BCUT2D eigenvalue weighted by molar-refractivity contribution is 7.85. The summed E-state index contributed by atoms with van der Waals surface area (Å²) in [5.41, 5.74) is 1.78. The molecular formula is C15H21NO5S. The molecule has 1 aromatic carbocycles. The van der Waals surface area contributed by atoms with Crippen molar-refractivity contribution in [1.29, 1.82) is 0 Å². The van der Waals surface area contributed by atoms with Gasteiger partial charge < -0.3 is 10.1 Å². The monoisotopic (exact) mass is 327 g/mol. The highest BCUT2D eigenvalue weighted by Crippen LogP contribution is 2.26. The predicted molar refractivity (Wildman–Crippen MR) is 81.9 cm³/mol. The fourth-order valence-electron chi connectivity index (χ4n) is 2.23. The number of carbonyl (C=O) groups excluding carboxylic acids is 1. The van der Waals surface area contributed by atoms with Gasteiger partial charge in [-0.1, -0.05) is 29.8 Å². The molecule has 0 aliphatic heterocycles. The Morgan fingerprint density at radius 3 is 2.50 bits per heavy atom. The van der Waals surface area contributed by atoms with E-state index in [0.29, 0.717) is 25.0 Å². The quantitative estimate of drug-likeness (QED) is 0.809. The Morgan fingerprint density at radius 2 is 1.91 bits per heavy atom. The summed E-state index contributed by atoms with van der Waals surface area (Å²) in [6.07, 6.45) is 0.105. The first-order chi connectivity index (χ1) is 10.4. The van der Waals surface area contributed by atoms with Gasteiger partial charge in [-0.15, -0.1) is 0 Å². The number of alkyl carbamates (subject to hydrolysis) is 1. The zero-order valence-electron chi connectivity index (χ0n) is 12.7. The van der Waals surface area contributed by atoms with E-state index in [0.717, 1.165) is 5.56 Å². The van der Waals surface area contributed by atoms with Gasteiger partial charge in [-0.25, -0.2) is 4.79 Å². The summed E-state index contributed by atoms with van der Waals surface area (Å²) in [5.74, 6) is -0.139. The smallest absolute Gasteiger partial charge is 0.407 e. The lowest BCUT2D eigenvalue weighted by Gasteiger charge is -2.34. The summed E-state index contributed by atoms with van der Waals surface area (Å²) in [7, 11) is -3.61. The molecule has 1 N–H and O–H groups in total. The third kappa shape index (κ3) is 4.99. The SMILES string of the molecule is CCOC(=O)N[C@H]1C[C@H](OS(=O)(=O)Cc2ccc(C)cc2)C1. The maximum atomic E-state index is 12.0. The molecule has 0 atom stereocenters. The standard InChI is InChI=1S/C15H21NO5S/c1-3-20-15(17)16-13-8-14(9-13)21-22(18,19)10-12-6-4-11(2)5-7-12/h4-7,13-14H,3,8-10H2,1-2H3,(H,16,17)/t13-,14-. The van der Waals surface area contributed by atoms with E-state index in [1.165, 1.54) is 0 Å². The Morgan fingerprint density at radius 1 is 1.27 bits per heavy atom. The second-order valence-corrected chi connectivity index (χ2v) is 7.04. The van der Waals surface area contributed by atoms with Gasteiger partial charge in [0.25, 0.3) is 10.1 Å². The number of amides is 1. The normalized spacial score (nSPS) is 21.0. The first-order valence-electron chi connectivity index (χ1n) is 7.27. The molecule has 0 unspecified atom stereocenters. The molecule has 0 aromatic heterocycles. The van der Waals surface area contributed by atoms with Crippen molar-refractivity contribution in [2.45, 2.75) is 44.6 Å². The van der Waals surface area contributed by atoms with E-state index in [4.69, 9.17) is 8.92 Å². The Balaban J connectivity index is 1.77. The van der Waals surface area contributed by atoms with Gasteiger partial charge in [-0.2, -0.15) is 8.42 Å². The van der Waals surface area contributed by atoms with Crippen LogP contribution in [0.2, 0.25) is 0 Å². The van der Waals surface area contributed by atoms with E-state index in [1.807, 2.05) is 19.1 Å². The molecular weight excluding hydrogens is 306 g/mol. The summed E-state index contributed by atoms with van der Waals surface area (Å²) in [5, 5.41) is 2.65. The van der Waals surface area contributed by atoms with E-state index in [-0.39, 0.29) is 17.9 Å². The summed E-state index contributed by atoms with van der Waals surface area (Å²) in [6, 6.07) is 7.21. The fraction of sp³-hybridized carbons (Fsp3) is 0.533. The molecule has 0 saturated heterocycles. The minimum Gasteiger partial charge on any atom is -0.450 e. The number of rotatable bonds is 6. The summed E-state index contributed by atoms with van der Waals surface area (Å²) in [6.45, 7) is 3.98. The number of carbonyl (C=O) groups is 1. The van der Waals surface area contributed by atoms with Crippen molar-refractivity contribution in [1.82, 2.24) is 5.32 Å². The van der Waals surface area contributed by atoms with Crippen LogP contribution in [0.3, 0.4) is 0 Å². The molecule has 1 saturated carbocycles. The van der Waals surface area contributed by atoms with Gasteiger partial charge >= 0.3 is 6.09 Å². The number of aryl methyl sites for hydroxylation is 1. The van der Waals surface area contributed by atoms with Crippen LogP contribution in [0.15, 0.2) is 24.3 Å². The molecule has 122 valence electrons. The average Bonchev–Trinajstić information content (AvgIpc) is 2.39. The summed E-state index contributed by atoms with van der Waals surface area (Å²) >= 11 is 0. The number of nitrogens with one attached hydrogen (secondary N) is 1. The number of hydrogen-bond donors (Lipinski definition) is 1. The van der Waals surface area contributed by atoms with Crippen molar-refractivity contribution >= 4 is 16.2 Å². The maximum absolute atomic E-state index is 12.0. The van der Waals surface area contributed by atoms with Gasteiger partial charge in [0.05, 0.1) is 12.7 Å². The molecule has 1 aliphatic carbocycles. The molecule has 0 radical (unpaired) electrons. The van der Waals surface area contributed by atoms with Crippen LogP contribution in [0.25, 0.3) is 0 Å². The first-order valence-corrected chi connectivity index (χ1v) is 8.85. The van der Waals surface area contributed by atoms with E-state index in [9.17, 15) is 13.2 Å². The third-order valence-corrected chi connectivity index (χ3v) is 4.69. The highest BCUT2D eigenvalue weighted by Gasteiger charge is 2.34. The Hall–Kier alpha value is -1.60. The van der Waals surface area contributed by atoms with Crippen molar-refractivity contribution in [2.24, 2.45) is 0 Å². The molecule has 0 heterocycles. The lowest BCUT2D eigenvalue weighted by molar-refractivity contribution is 0.0824. The van der Waals surface area contributed by atoms with Gasteiger partial charge in [-0.3, -0.25) is 4.18 Å². The number of hydrogen-bond acceptors (Lipinski definition) is 5. The molecule has 2 rings (SSSR count). The van der Waals surface area contributed by atoms with Crippen molar-refractivity contribution in [2.75, 3.05) is 6.61 Å². The predicted octanol–water partition coefficient (Wildman–Crippen LogP) is 2.12. The average molecular weight is 327 g/mol. The van der Waals surface area contributed by atoms with Gasteiger partial charge in [0, 0.05) is 6.04 Å². The minimum absolute atomic E-state index is 0.0846. The van der Waals surface area contributed by atoms with E-state index in [1.54, 1.807) is 19.1 Å². The van der Waals surface area contributed by atoms with Crippen LogP contribution >= 0.6 is 0 Å². The van der Waals surface area contributed by atoms with Crippen molar-refractivity contribution in [3.8, 4) is 0 Å². The largest absolute Gasteiger partial charge is 0.450 e. The molecule has 0 bridgehead atoms. The molecule has 7 heteroatoms. The van der Waals surface area contributed by atoms with E-state index < -0.39 is 16.2 Å². The maximum Gasteiger partial charge on any atom is 0.407 e. The summed E-state index contributed by atoms with van der Waals surface area (Å²) < 4.78 is 33.9. The fourth-order valence-corrected chi connectivity index (χ4v) is 3.47. The van der Waals surface area contributed by atoms with E-state index in [2.05, 4.69) is 5.32 Å². The van der Waals surface area contributed by atoms with Crippen LogP contribution in [0.5, 0.6) is 0 Å². The minimum atomic E-state index is -3.61. The lowest BCUT2D eigenvalue weighted by atomic mass is 9.90. The van der Waals surface area contributed by atoms with Crippen molar-refractivity contribution < 1.29 is 22.1 Å². The van der Waals surface area contributed by atoms with Gasteiger partial charge in [-0.05, 0) is 32.3 Å². The number of benzene rings is 1. The van der Waals surface area contributed by atoms with Crippen LogP contribution in [-0.2, 0) is 24.8 Å². The Bertz CT molecular complexity index is 605. The van der Waals surface area contributed by atoms with Crippen molar-refractivity contribution in [3.05, 3.63) is 35.4 Å². The topological polar surface area (TPSA) is 81.7 Å². The zero-order valence-corrected chi connectivity index (χ0v) is 13.6. The molecule has 1 fully saturated rings. The third-order valence-electron chi connectivity index (χ3n) is 3.44. The van der Waals surface area contributed by atoms with E-state index >= 15 is 0 Å². The van der Waals surface area contributed by atoms with Crippen LogP contribution in [0, 0.1) is 6.92 Å². The van der Waals surface area contributed by atoms with Crippen LogP contribution < -0.4 is 5.32 Å². The molecule has 1 aliphatic rings. The van der Waals surface area contributed by atoms with Crippen LogP contribution in [0.1, 0.15) is 30.9 Å². The zero-order chi connectivity index (χ0) is 16.2. The van der Waals surface area contributed by atoms with Gasteiger partial charge in [0.15, 0.2) is 0 Å².